The number of para-hydroxylation sites is 1. The number of carbonyl (C=O) groups is 1. The molecule has 0 spiro atoms. The first-order chi connectivity index (χ1) is 11.7. The van der Waals surface area contributed by atoms with Gasteiger partial charge in [0.05, 0.1) is 22.4 Å². The lowest BCUT2D eigenvalue weighted by molar-refractivity contribution is -0.0169. The van der Waals surface area contributed by atoms with Crippen LogP contribution >= 0.6 is 23.1 Å². The van der Waals surface area contributed by atoms with Crippen molar-refractivity contribution in [1.29, 1.82) is 0 Å². The fraction of sp³-hybridized carbons (Fsp3) is 0.176. The Bertz CT molecular complexity index is 889. The summed E-state index contributed by atoms with van der Waals surface area (Å²) in [5, 5.41) is 9.29. The van der Waals surface area contributed by atoms with Gasteiger partial charge < -0.3 is 14.6 Å². The molecule has 122 valence electrons. The van der Waals surface area contributed by atoms with E-state index < -0.39 is 5.97 Å². The molecule has 1 aliphatic heterocycles. The summed E-state index contributed by atoms with van der Waals surface area (Å²) >= 11 is 3.22. The van der Waals surface area contributed by atoms with E-state index in [0.29, 0.717) is 12.4 Å². The second-order valence-electron chi connectivity index (χ2n) is 5.28. The van der Waals surface area contributed by atoms with Crippen molar-refractivity contribution in [2.75, 3.05) is 6.79 Å². The molecule has 0 saturated heterocycles. The minimum absolute atomic E-state index is 0.193. The van der Waals surface area contributed by atoms with Crippen LogP contribution in [0.4, 0.5) is 0 Å². The molecule has 0 amide bonds. The Morgan fingerprint density at radius 2 is 2.21 bits per heavy atom. The normalized spacial score (nSPS) is 13.5. The molecule has 3 aromatic rings. The van der Waals surface area contributed by atoms with Crippen LogP contribution in [0.2, 0.25) is 0 Å². The molecule has 4 rings (SSSR count). The first-order valence-corrected chi connectivity index (χ1v) is 9.09. The number of thiazole rings is 1. The molecule has 2 heterocycles. The molecule has 0 atom stereocenters. The summed E-state index contributed by atoms with van der Waals surface area (Å²) in [4.78, 5) is 15.9. The number of ether oxygens (including phenoxy) is 2. The Balaban J connectivity index is 1.63. The molecule has 1 aromatic heterocycles. The van der Waals surface area contributed by atoms with E-state index in [2.05, 4.69) is 4.98 Å². The fourth-order valence-corrected chi connectivity index (χ4v) is 4.62. The molecule has 1 aliphatic rings. The summed E-state index contributed by atoms with van der Waals surface area (Å²) < 4.78 is 12.9. The zero-order valence-electron chi connectivity index (χ0n) is 12.5. The molecule has 0 bridgehead atoms. The Kier molecular flexibility index (Phi) is 4.13. The molecule has 0 aliphatic carbocycles. The fourth-order valence-electron chi connectivity index (χ4n) is 2.58. The molecular formula is C17H13NO4S2. The van der Waals surface area contributed by atoms with Crippen LogP contribution in [0, 0.1) is 0 Å². The van der Waals surface area contributed by atoms with E-state index in [-0.39, 0.29) is 12.4 Å². The minimum Gasteiger partial charge on any atom is -0.478 e. The summed E-state index contributed by atoms with van der Waals surface area (Å²) in [6, 6.07) is 11.3. The van der Waals surface area contributed by atoms with E-state index in [1.54, 1.807) is 35.2 Å². The number of benzene rings is 2. The minimum atomic E-state index is -0.949. The predicted octanol–water partition coefficient (Wildman–Crippen LogP) is 4.15. The summed E-state index contributed by atoms with van der Waals surface area (Å²) in [7, 11) is 0. The Morgan fingerprint density at radius 3 is 3.04 bits per heavy atom. The van der Waals surface area contributed by atoms with Crippen LogP contribution in [0.25, 0.3) is 10.2 Å². The summed E-state index contributed by atoms with van der Waals surface area (Å²) in [5.41, 5.74) is 2.87. The van der Waals surface area contributed by atoms with Gasteiger partial charge >= 0.3 is 5.97 Å². The van der Waals surface area contributed by atoms with Gasteiger partial charge in [0, 0.05) is 16.9 Å². The number of aromatic nitrogens is 1. The number of carboxylic acid groups (broad SMARTS) is 1. The lowest BCUT2D eigenvalue weighted by atomic mass is 10.0. The number of fused-ring (bicyclic) bond motifs is 2. The first-order valence-electron chi connectivity index (χ1n) is 7.29. The van der Waals surface area contributed by atoms with Crippen molar-refractivity contribution >= 4 is 39.3 Å². The summed E-state index contributed by atoms with van der Waals surface area (Å²) in [6.07, 6.45) is 0. The maximum Gasteiger partial charge on any atom is 0.335 e. The first kappa shape index (κ1) is 15.4. The van der Waals surface area contributed by atoms with E-state index >= 15 is 0 Å². The second kappa shape index (κ2) is 6.43. The number of hydrogen-bond donors (Lipinski definition) is 1. The smallest absolute Gasteiger partial charge is 0.335 e. The molecule has 0 radical (unpaired) electrons. The lowest BCUT2D eigenvalue weighted by Gasteiger charge is -2.21. The van der Waals surface area contributed by atoms with Crippen LogP contribution in [-0.2, 0) is 17.1 Å². The summed E-state index contributed by atoms with van der Waals surface area (Å²) in [5.74, 6) is 0.387. The SMILES string of the molecule is O=C(O)c1cc2c(c(CSc3nc4ccccc4s3)c1)OCOC2. The quantitative estimate of drug-likeness (QED) is 0.706. The molecule has 24 heavy (non-hydrogen) atoms. The van der Waals surface area contributed by atoms with Gasteiger partial charge in [-0.1, -0.05) is 23.9 Å². The average Bonchev–Trinajstić information content (AvgIpc) is 3.02. The number of rotatable bonds is 4. The van der Waals surface area contributed by atoms with E-state index in [9.17, 15) is 9.90 Å². The van der Waals surface area contributed by atoms with Crippen molar-refractivity contribution in [1.82, 2.24) is 4.98 Å². The third kappa shape index (κ3) is 2.98. The van der Waals surface area contributed by atoms with E-state index in [1.807, 2.05) is 24.3 Å². The highest BCUT2D eigenvalue weighted by atomic mass is 32.2. The van der Waals surface area contributed by atoms with E-state index in [1.165, 1.54) is 0 Å². The average molecular weight is 359 g/mol. The molecule has 5 nitrogen and oxygen atoms in total. The zero-order chi connectivity index (χ0) is 16.5. The molecular weight excluding hydrogens is 346 g/mol. The van der Waals surface area contributed by atoms with Gasteiger partial charge in [-0.2, -0.15) is 0 Å². The standard InChI is InChI=1S/C17H13NO4S2/c19-16(20)10-5-11-7-21-9-22-15(11)12(6-10)8-23-17-18-13-3-1-2-4-14(13)24-17/h1-6H,7-9H2,(H,19,20). The van der Waals surface area contributed by atoms with Gasteiger partial charge in [0.2, 0.25) is 0 Å². The molecule has 0 fully saturated rings. The largest absolute Gasteiger partial charge is 0.478 e. The van der Waals surface area contributed by atoms with Crippen LogP contribution in [-0.4, -0.2) is 22.9 Å². The maximum atomic E-state index is 11.3. The van der Waals surface area contributed by atoms with Crippen LogP contribution in [0.1, 0.15) is 21.5 Å². The van der Waals surface area contributed by atoms with Crippen molar-refractivity contribution in [3.8, 4) is 5.75 Å². The van der Waals surface area contributed by atoms with Gasteiger partial charge in [-0.3, -0.25) is 0 Å². The van der Waals surface area contributed by atoms with Crippen LogP contribution in [0.15, 0.2) is 40.7 Å². The van der Waals surface area contributed by atoms with Gasteiger partial charge in [-0.05, 0) is 24.3 Å². The van der Waals surface area contributed by atoms with Crippen molar-refractivity contribution in [3.63, 3.8) is 0 Å². The number of carboxylic acids is 1. The van der Waals surface area contributed by atoms with Gasteiger partial charge in [-0.25, -0.2) is 9.78 Å². The topological polar surface area (TPSA) is 68.7 Å². The van der Waals surface area contributed by atoms with E-state index in [0.717, 1.165) is 31.4 Å². The van der Waals surface area contributed by atoms with Crippen LogP contribution in [0.3, 0.4) is 0 Å². The molecule has 2 aromatic carbocycles. The van der Waals surface area contributed by atoms with Crippen molar-refractivity contribution in [3.05, 3.63) is 53.1 Å². The molecule has 7 heteroatoms. The van der Waals surface area contributed by atoms with E-state index in [4.69, 9.17) is 9.47 Å². The molecule has 1 N–H and O–H groups in total. The monoisotopic (exact) mass is 359 g/mol. The van der Waals surface area contributed by atoms with Crippen molar-refractivity contribution < 1.29 is 19.4 Å². The predicted molar refractivity (Wildman–Crippen MR) is 92.9 cm³/mol. The summed E-state index contributed by atoms with van der Waals surface area (Å²) in [6.45, 7) is 0.563. The highest BCUT2D eigenvalue weighted by molar-refractivity contribution is 8.00. The maximum absolute atomic E-state index is 11.3. The van der Waals surface area contributed by atoms with Crippen LogP contribution in [0.5, 0.6) is 5.75 Å². The second-order valence-corrected chi connectivity index (χ2v) is 7.53. The Morgan fingerprint density at radius 1 is 1.33 bits per heavy atom. The number of hydrogen-bond acceptors (Lipinski definition) is 6. The van der Waals surface area contributed by atoms with Gasteiger partial charge in [0.25, 0.3) is 0 Å². The Hall–Kier alpha value is -2.09. The third-order valence-corrected chi connectivity index (χ3v) is 5.89. The Labute approximate surface area is 146 Å². The van der Waals surface area contributed by atoms with Gasteiger partial charge in [0.15, 0.2) is 11.1 Å². The zero-order valence-corrected chi connectivity index (χ0v) is 14.2. The number of thioether (sulfide) groups is 1. The van der Waals surface area contributed by atoms with Crippen molar-refractivity contribution in [2.24, 2.45) is 0 Å². The van der Waals surface area contributed by atoms with Gasteiger partial charge in [-0.15, -0.1) is 11.3 Å². The highest BCUT2D eigenvalue weighted by Gasteiger charge is 2.19. The highest BCUT2D eigenvalue weighted by Crippen LogP contribution is 2.36. The number of aromatic carboxylic acids is 1. The van der Waals surface area contributed by atoms with Crippen LogP contribution < -0.4 is 4.74 Å². The third-order valence-electron chi connectivity index (χ3n) is 3.66. The van der Waals surface area contributed by atoms with Gasteiger partial charge in [0.1, 0.15) is 5.75 Å². The molecule has 0 saturated carbocycles. The lowest BCUT2D eigenvalue weighted by Crippen LogP contribution is -2.14. The van der Waals surface area contributed by atoms with Crippen molar-refractivity contribution in [2.45, 2.75) is 16.7 Å². The number of nitrogens with zero attached hydrogens (tertiary/aromatic N) is 1. The molecule has 0 unspecified atom stereocenters.